The van der Waals surface area contributed by atoms with Gasteiger partial charge in [-0.25, -0.2) is 4.98 Å². The zero-order chi connectivity index (χ0) is 20.5. The third-order valence-electron chi connectivity index (χ3n) is 4.47. The van der Waals surface area contributed by atoms with Gasteiger partial charge in [0.2, 0.25) is 0 Å². The lowest BCUT2D eigenvalue weighted by atomic mass is 10.1. The van der Waals surface area contributed by atoms with Gasteiger partial charge in [0, 0.05) is 42.0 Å². The maximum Gasteiger partial charge on any atom is 0.416 e. The largest absolute Gasteiger partial charge is 0.416 e. The van der Waals surface area contributed by atoms with Crippen LogP contribution in [0.2, 0.25) is 0 Å². The maximum atomic E-state index is 13.1. The maximum absolute atomic E-state index is 13.1. The van der Waals surface area contributed by atoms with Crippen LogP contribution in [0.4, 0.5) is 24.7 Å². The van der Waals surface area contributed by atoms with Crippen LogP contribution in [0, 0.1) is 13.8 Å². The number of nitrogens with one attached hydrogen (secondary N) is 1. The lowest BCUT2D eigenvalue weighted by molar-refractivity contribution is -0.137. The molecule has 0 spiro atoms. The van der Waals surface area contributed by atoms with Crippen LogP contribution >= 0.6 is 28.1 Å². The molecule has 1 aliphatic rings. The molecule has 3 rings (SSSR count). The first-order valence-electron chi connectivity index (χ1n) is 8.76. The molecular formula is C19H20BrF3N4S. The molecule has 9 heteroatoms. The molecule has 4 nitrogen and oxygen atoms in total. The number of alkyl halides is 3. The fraction of sp³-hybridized carbons (Fsp3) is 0.368. The van der Waals surface area contributed by atoms with E-state index in [1.54, 1.807) is 6.07 Å². The SMILES string of the molecule is Cc1cc(C)nc(NC(=S)N2CCN(c3cc(Br)cc(C(F)(F)F)c3)CC2)c1. The molecule has 0 atom stereocenters. The van der Waals surface area contributed by atoms with Gasteiger partial charge in [-0.2, -0.15) is 13.2 Å². The van der Waals surface area contributed by atoms with Gasteiger partial charge in [-0.1, -0.05) is 15.9 Å². The molecule has 0 unspecified atom stereocenters. The van der Waals surface area contributed by atoms with Crippen molar-refractivity contribution in [3.8, 4) is 0 Å². The summed E-state index contributed by atoms with van der Waals surface area (Å²) in [6.07, 6.45) is -4.37. The molecule has 2 aromatic rings. The van der Waals surface area contributed by atoms with Crippen molar-refractivity contribution in [3.05, 3.63) is 51.6 Å². The van der Waals surface area contributed by atoms with Crippen molar-refractivity contribution in [2.75, 3.05) is 36.4 Å². The Morgan fingerprint density at radius 2 is 1.75 bits per heavy atom. The second kappa shape index (κ2) is 8.24. The van der Waals surface area contributed by atoms with Gasteiger partial charge in [0.05, 0.1) is 5.56 Å². The number of hydrogen-bond acceptors (Lipinski definition) is 3. The van der Waals surface area contributed by atoms with Crippen molar-refractivity contribution in [3.63, 3.8) is 0 Å². The Kier molecular flexibility index (Phi) is 6.14. The normalized spacial score (nSPS) is 14.9. The summed E-state index contributed by atoms with van der Waals surface area (Å²) in [7, 11) is 0. The Bertz CT molecular complexity index is 860. The number of aromatic nitrogens is 1. The van der Waals surface area contributed by atoms with E-state index < -0.39 is 11.7 Å². The highest BCUT2D eigenvalue weighted by Crippen LogP contribution is 2.34. The summed E-state index contributed by atoms with van der Waals surface area (Å²) in [4.78, 5) is 8.37. The van der Waals surface area contributed by atoms with Crippen molar-refractivity contribution in [1.82, 2.24) is 9.88 Å². The first kappa shape index (κ1) is 20.9. The van der Waals surface area contributed by atoms with Crippen LogP contribution in [0.25, 0.3) is 0 Å². The number of piperazine rings is 1. The fourth-order valence-corrected chi connectivity index (χ4v) is 3.95. The number of thiocarbonyl (C=S) groups is 1. The van der Waals surface area contributed by atoms with Crippen LogP contribution < -0.4 is 10.2 Å². The predicted molar refractivity (Wildman–Crippen MR) is 113 cm³/mol. The second-order valence-corrected chi connectivity index (χ2v) is 8.07. The molecule has 0 aliphatic carbocycles. The van der Waals surface area contributed by atoms with Crippen molar-refractivity contribution in [2.24, 2.45) is 0 Å². The van der Waals surface area contributed by atoms with E-state index in [0.29, 0.717) is 47.3 Å². The number of pyridine rings is 1. The minimum Gasteiger partial charge on any atom is -0.368 e. The molecule has 0 saturated carbocycles. The number of halogens is 4. The summed E-state index contributed by atoms with van der Waals surface area (Å²) in [5.41, 5.74) is 1.90. The molecule has 1 aliphatic heterocycles. The smallest absolute Gasteiger partial charge is 0.368 e. The van der Waals surface area contributed by atoms with E-state index in [1.165, 1.54) is 6.07 Å². The van der Waals surface area contributed by atoms with Crippen LogP contribution in [0.1, 0.15) is 16.8 Å². The van der Waals surface area contributed by atoms with Gasteiger partial charge in [-0.3, -0.25) is 0 Å². The predicted octanol–water partition coefficient (Wildman–Crippen LogP) is 5.00. The molecule has 1 aromatic carbocycles. The van der Waals surface area contributed by atoms with E-state index in [0.717, 1.165) is 17.3 Å². The first-order valence-corrected chi connectivity index (χ1v) is 9.96. The van der Waals surface area contributed by atoms with Crippen molar-refractivity contribution >= 4 is 44.8 Å². The summed E-state index contributed by atoms with van der Waals surface area (Å²) >= 11 is 8.67. The van der Waals surface area contributed by atoms with E-state index in [-0.39, 0.29) is 0 Å². The zero-order valence-corrected chi connectivity index (χ0v) is 17.9. The van der Waals surface area contributed by atoms with Gasteiger partial charge in [0.25, 0.3) is 0 Å². The molecule has 0 radical (unpaired) electrons. The number of nitrogens with zero attached hydrogens (tertiary/aromatic N) is 3. The van der Waals surface area contributed by atoms with Crippen molar-refractivity contribution in [2.45, 2.75) is 20.0 Å². The first-order chi connectivity index (χ1) is 13.1. The third kappa shape index (κ3) is 5.14. The van der Waals surface area contributed by atoms with Crippen LogP contribution in [-0.4, -0.2) is 41.2 Å². The average Bonchev–Trinajstić information content (AvgIpc) is 2.59. The van der Waals surface area contributed by atoms with Gasteiger partial charge in [0.1, 0.15) is 5.82 Å². The lowest BCUT2D eigenvalue weighted by Gasteiger charge is -2.37. The molecular weight excluding hydrogens is 453 g/mol. The molecule has 1 aromatic heterocycles. The molecule has 0 bridgehead atoms. The van der Waals surface area contributed by atoms with E-state index in [1.807, 2.05) is 35.8 Å². The van der Waals surface area contributed by atoms with Crippen molar-refractivity contribution in [1.29, 1.82) is 0 Å². The average molecular weight is 473 g/mol. The Hall–Kier alpha value is -1.87. The van der Waals surface area contributed by atoms with Gasteiger partial charge < -0.3 is 15.1 Å². The Labute approximate surface area is 175 Å². The topological polar surface area (TPSA) is 31.4 Å². The van der Waals surface area contributed by atoms with E-state index in [2.05, 4.69) is 26.2 Å². The number of anilines is 2. The summed E-state index contributed by atoms with van der Waals surface area (Å²) < 4.78 is 39.6. The van der Waals surface area contributed by atoms with E-state index in [9.17, 15) is 13.2 Å². The number of hydrogen-bond donors (Lipinski definition) is 1. The van der Waals surface area contributed by atoms with Crippen molar-refractivity contribution < 1.29 is 13.2 Å². The number of benzene rings is 1. The minimum atomic E-state index is -4.37. The Balaban J connectivity index is 1.64. The molecule has 150 valence electrons. The standard InChI is InChI=1S/C19H20BrF3N4S/c1-12-7-13(2)24-17(8-12)25-18(28)27-5-3-26(4-6-27)16-10-14(19(21,22)23)9-15(20)11-16/h7-11H,3-6H2,1-2H3,(H,24,25,28). The zero-order valence-electron chi connectivity index (χ0n) is 15.5. The molecule has 1 N–H and O–H groups in total. The number of aryl methyl sites for hydroxylation is 2. The highest BCUT2D eigenvalue weighted by molar-refractivity contribution is 9.10. The van der Waals surface area contributed by atoms with Crippen LogP contribution in [0.5, 0.6) is 0 Å². The molecule has 1 fully saturated rings. The molecule has 1 saturated heterocycles. The molecule has 28 heavy (non-hydrogen) atoms. The third-order valence-corrected chi connectivity index (χ3v) is 5.29. The number of rotatable bonds is 2. The summed E-state index contributed by atoms with van der Waals surface area (Å²) in [5.74, 6) is 0.701. The van der Waals surface area contributed by atoms with Gasteiger partial charge in [-0.15, -0.1) is 0 Å². The Morgan fingerprint density at radius 1 is 1.07 bits per heavy atom. The highest BCUT2D eigenvalue weighted by atomic mass is 79.9. The molecule has 0 amide bonds. The van der Waals surface area contributed by atoms with E-state index in [4.69, 9.17) is 12.2 Å². The second-order valence-electron chi connectivity index (χ2n) is 6.77. The van der Waals surface area contributed by atoms with E-state index >= 15 is 0 Å². The van der Waals surface area contributed by atoms with Gasteiger partial charge >= 0.3 is 6.18 Å². The Morgan fingerprint density at radius 3 is 2.36 bits per heavy atom. The van der Waals surface area contributed by atoms with Crippen LogP contribution in [-0.2, 0) is 6.18 Å². The molecule has 2 heterocycles. The van der Waals surface area contributed by atoms with Crippen LogP contribution in [0.15, 0.2) is 34.8 Å². The summed E-state index contributed by atoms with van der Waals surface area (Å²) in [5, 5.41) is 3.73. The summed E-state index contributed by atoms with van der Waals surface area (Å²) in [6, 6.07) is 7.91. The van der Waals surface area contributed by atoms with Crippen LogP contribution in [0.3, 0.4) is 0 Å². The van der Waals surface area contributed by atoms with Gasteiger partial charge in [0.15, 0.2) is 5.11 Å². The monoisotopic (exact) mass is 472 g/mol. The quantitative estimate of drug-likeness (QED) is 0.621. The minimum absolute atomic E-state index is 0.415. The van der Waals surface area contributed by atoms with Gasteiger partial charge in [-0.05, 0) is 62.0 Å². The highest BCUT2D eigenvalue weighted by Gasteiger charge is 2.32. The lowest BCUT2D eigenvalue weighted by Crippen LogP contribution is -2.50. The fourth-order valence-electron chi connectivity index (χ4n) is 3.18. The summed E-state index contributed by atoms with van der Waals surface area (Å²) in [6.45, 7) is 6.31.